The molecule has 0 bridgehead atoms. The topological polar surface area (TPSA) is 78.6 Å². The maximum absolute atomic E-state index is 11.3. The molecular weight excluding hydrogens is 330 g/mol. The molecule has 3 aliphatic rings. The lowest BCUT2D eigenvalue weighted by molar-refractivity contribution is -0.0227. The Hall–Kier alpha value is -2.34. The van der Waals surface area contributed by atoms with E-state index < -0.39 is 12.2 Å². The minimum absolute atomic E-state index is 0.121. The van der Waals surface area contributed by atoms with Crippen LogP contribution in [-0.2, 0) is 0 Å². The number of aliphatic hydroxyl groups excluding tert-OH is 1. The highest BCUT2D eigenvalue weighted by Crippen LogP contribution is 2.55. The third-order valence-electron chi connectivity index (χ3n) is 6.96. The molecule has 1 aliphatic carbocycles. The Labute approximate surface area is 152 Å². The number of benzene rings is 1. The third kappa shape index (κ3) is 2.08. The fourth-order valence-corrected chi connectivity index (χ4v) is 5.54. The van der Waals surface area contributed by atoms with Gasteiger partial charge in [-0.2, -0.15) is 0 Å². The van der Waals surface area contributed by atoms with Crippen LogP contribution < -0.4 is 0 Å². The lowest BCUT2D eigenvalue weighted by Gasteiger charge is -2.42. The molecule has 3 heterocycles. The smallest absolute Gasteiger partial charge is 0.407 e. The minimum atomic E-state index is -0.850. The van der Waals surface area contributed by atoms with Gasteiger partial charge >= 0.3 is 6.09 Å². The summed E-state index contributed by atoms with van der Waals surface area (Å²) in [5.41, 5.74) is 3.46. The van der Waals surface area contributed by atoms with Crippen molar-refractivity contribution in [2.75, 3.05) is 13.1 Å². The Bertz CT molecular complexity index is 853. The highest BCUT2D eigenvalue weighted by molar-refractivity contribution is 5.69. The van der Waals surface area contributed by atoms with Gasteiger partial charge in [-0.3, -0.25) is 0 Å². The highest BCUT2D eigenvalue weighted by atomic mass is 16.4. The van der Waals surface area contributed by atoms with Crippen LogP contribution in [-0.4, -0.2) is 50.0 Å². The summed E-state index contributed by atoms with van der Waals surface area (Å²) in [6.07, 6.45) is 5.96. The van der Waals surface area contributed by atoms with Crippen LogP contribution >= 0.6 is 0 Å². The Balaban J connectivity index is 1.45. The summed E-state index contributed by atoms with van der Waals surface area (Å²) in [6.45, 7) is 1.05. The highest BCUT2D eigenvalue weighted by Gasteiger charge is 2.53. The molecule has 1 amide bonds. The summed E-state index contributed by atoms with van der Waals surface area (Å²) in [5, 5.41) is 20.5. The lowest BCUT2D eigenvalue weighted by atomic mass is 9.73. The van der Waals surface area contributed by atoms with Gasteiger partial charge in [-0.25, -0.2) is 9.78 Å². The minimum Gasteiger partial charge on any atom is -0.465 e. The quantitative estimate of drug-likeness (QED) is 0.826. The molecule has 5 rings (SSSR count). The molecule has 6 nitrogen and oxygen atoms in total. The number of aliphatic hydroxyl groups is 1. The molecule has 2 fully saturated rings. The van der Waals surface area contributed by atoms with Crippen LogP contribution in [0.4, 0.5) is 4.79 Å². The van der Waals surface area contributed by atoms with Crippen molar-refractivity contribution in [1.82, 2.24) is 14.5 Å². The number of piperidine rings is 1. The Kier molecular flexibility index (Phi) is 3.41. The van der Waals surface area contributed by atoms with Gasteiger partial charge < -0.3 is 19.7 Å². The van der Waals surface area contributed by atoms with Gasteiger partial charge in [0.1, 0.15) is 0 Å². The van der Waals surface area contributed by atoms with E-state index in [4.69, 9.17) is 0 Å². The molecule has 1 spiro atoms. The van der Waals surface area contributed by atoms with Gasteiger partial charge in [0.05, 0.1) is 30.4 Å². The zero-order valence-corrected chi connectivity index (χ0v) is 14.6. The van der Waals surface area contributed by atoms with Crippen molar-refractivity contribution in [2.45, 2.75) is 37.8 Å². The number of imidazole rings is 1. The molecule has 1 saturated heterocycles. The maximum atomic E-state index is 11.3. The first kappa shape index (κ1) is 15.9. The molecule has 3 atom stereocenters. The number of likely N-dealkylation sites (tertiary alicyclic amines) is 1. The van der Waals surface area contributed by atoms with Crippen LogP contribution in [0, 0.1) is 11.3 Å². The van der Waals surface area contributed by atoms with E-state index in [0.29, 0.717) is 13.1 Å². The van der Waals surface area contributed by atoms with Crippen LogP contribution in [0.3, 0.4) is 0 Å². The maximum Gasteiger partial charge on any atom is 0.407 e. The van der Waals surface area contributed by atoms with E-state index in [-0.39, 0.29) is 17.4 Å². The van der Waals surface area contributed by atoms with E-state index in [1.165, 1.54) is 16.0 Å². The van der Waals surface area contributed by atoms with Crippen molar-refractivity contribution in [3.05, 3.63) is 42.4 Å². The molecule has 0 unspecified atom stereocenters. The Morgan fingerprint density at radius 3 is 2.73 bits per heavy atom. The summed E-state index contributed by atoms with van der Waals surface area (Å²) < 4.78 is 2.21. The summed E-state index contributed by atoms with van der Waals surface area (Å²) in [4.78, 5) is 17.0. The molecule has 2 aliphatic heterocycles. The first-order valence-corrected chi connectivity index (χ1v) is 9.38. The number of nitrogens with zero attached hydrogens (tertiary/aromatic N) is 3. The second kappa shape index (κ2) is 5.58. The van der Waals surface area contributed by atoms with Gasteiger partial charge in [-0.05, 0) is 31.2 Å². The number of hydrogen-bond acceptors (Lipinski definition) is 3. The Morgan fingerprint density at radius 2 is 1.96 bits per heavy atom. The van der Waals surface area contributed by atoms with Crippen LogP contribution in [0.5, 0.6) is 0 Å². The number of hydrogen-bond donors (Lipinski definition) is 2. The zero-order chi connectivity index (χ0) is 17.9. The van der Waals surface area contributed by atoms with Gasteiger partial charge in [-0.15, -0.1) is 0 Å². The van der Waals surface area contributed by atoms with Gasteiger partial charge in [-0.1, -0.05) is 24.3 Å². The molecule has 1 aromatic carbocycles. The van der Waals surface area contributed by atoms with Crippen molar-refractivity contribution >= 4 is 6.09 Å². The summed E-state index contributed by atoms with van der Waals surface area (Å²) >= 11 is 0. The average Bonchev–Trinajstić information content (AvgIpc) is 3.31. The van der Waals surface area contributed by atoms with E-state index in [0.717, 1.165) is 31.4 Å². The lowest BCUT2D eigenvalue weighted by Crippen LogP contribution is -2.47. The van der Waals surface area contributed by atoms with Crippen LogP contribution in [0.2, 0.25) is 0 Å². The number of carbonyl (C=O) groups is 1. The van der Waals surface area contributed by atoms with Crippen LogP contribution in [0.1, 0.15) is 37.3 Å². The standard InChI is InChI=1S/C20H23N3O3/c24-18-15(5-6-20(18)7-9-22(10-8-20)19(25)26)17-14-4-2-1-3-13(14)16-11-21-12-23(16)17/h1-4,11-12,15,17-18,24H,5-10H2,(H,25,26)/t15-,17+,18+/m1/s1. The van der Waals surface area contributed by atoms with Gasteiger partial charge in [0, 0.05) is 30.0 Å². The number of carboxylic acid groups (broad SMARTS) is 1. The van der Waals surface area contributed by atoms with Crippen LogP contribution in [0.25, 0.3) is 11.3 Å². The van der Waals surface area contributed by atoms with Gasteiger partial charge in [0.25, 0.3) is 0 Å². The molecule has 1 saturated carbocycles. The number of rotatable bonds is 1. The van der Waals surface area contributed by atoms with Gasteiger partial charge in [0.2, 0.25) is 0 Å². The number of amides is 1. The number of aromatic nitrogens is 2. The van der Waals surface area contributed by atoms with E-state index in [9.17, 15) is 15.0 Å². The predicted molar refractivity (Wildman–Crippen MR) is 95.8 cm³/mol. The first-order valence-electron chi connectivity index (χ1n) is 9.38. The van der Waals surface area contributed by atoms with E-state index in [1.807, 2.05) is 18.6 Å². The molecule has 136 valence electrons. The molecule has 1 aromatic heterocycles. The first-order chi connectivity index (χ1) is 12.6. The van der Waals surface area contributed by atoms with Crippen molar-refractivity contribution in [1.29, 1.82) is 0 Å². The van der Waals surface area contributed by atoms with Crippen LogP contribution in [0.15, 0.2) is 36.8 Å². The summed E-state index contributed by atoms with van der Waals surface area (Å²) in [7, 11) is 0. The fourth-order valence-electron chi connectivity index (χ4n) is 5.54. The molecule has 2 aromatic rings. The van der Waals surface area contributed by atoms with Crippen molar-refractivity contribution in [3.8, 4) is 11.3 Å². The zero-order valence-electron chi connectivity index (χ0n) is 14.6. The monoisotopic (exact) mass is 353 g/mol. The third-order valence-corrected chi connectivity index (χ3v) is 6.96. The van der Waals surface area contributed by atoms with E-state index >= 15 is 0 Å². The summed E-state index contributed by atoms with van der Waals surface area (Å²) in [6, 6.07) is 8.53. The molecule has 26 heavy (non-hydrogen) atoms. The molecular formula is C20H23N3O3. The second-order valence-electron chi connectivity index (χ2n) is 8.00. The SMILES string of the molecule is O=C(O)N1CCC2(CC[C@H]([C@@H]3c4ccccc4-c4cncn43)[C@@H]2O)CC1. The molecule has 6 heteroatoms. The van der Waals surface area contributed by atoms with Gasteiger partial charge in [0.15, 0.2) is 0 Å². The second-order valence-corrected chi connectivity index (χ2v) is 8.00. The fraction of sp³-hybridized carbons (Fsp3) is 0.500. The average molecular weight is 353 g/mol. The van der Waals surface area contributed by atoms with Crippen molar-refractivity contribution < 1.29 is 15.0 Å². The predicted octanol–water partition coefficient (Wildman–Crippen LogP) is 2.98. The largest absolute Gasteiger partial charge is 0.465 e. The Morgan fingerprint density at radius 1 is 1.19 bits per heavy atom. The summed E-state index contributed by atoms with van der Waals surface area (Å²) in [5.74, 6) is 0.142. The van der Waals surface area contributed by atoms with E-state index in [2.05, 4.69) is 27.8 Å². The van der Waals surface area contributed by atoms with Crippen molar-refractivity contribution in [3.63, 3.8) is 0 Å². The normalized spacial score (nSPS) is 29.0. The number of fused-ring (bicyclic) bond motifs is 3. The van der Waals surface area contributed by atoms with Crippen molar-refractivity contribution in [2.24, 2.45) is 11.3 Å². The molecule has 2 N–H and O–H groups in total. The van der Waals surface area contributed by atoms with E-state index in [1.54, 1.807) is 0 Å². The molecule has 0 radical (unpaired) electrons.